The minimum atomic E-state index is -3.39. The molecular weight excluding hydrogens is 379 g/mol. The summed E-state index contributed by atoms with van der Waals surface area (Å²) in [5.74, 6) is -0.638. The van der Waals surface area contributed by atoms with E-state index in [4.69, 9.17) is 0 Å². The Morgan fingerprint density at radius 2 is 1.71 bits per heavy atom. The SMILES string of the molecule is C[C@H](NC(=O)C1CCN(S(=O)(=O)Cc2ccccc2)CC1)c1ccc(F)cc1. The van der Waals surface area contributed by atoms with Gasteiger partial charge in [0.15, 0.2) is 0 Å². The molecule has 5 nitrogen and oxygen atoms in total. The zero-order valence-corrected chi connectivity index (χ0v) is 16.7. The lowest BCUT2D eigenvalue weighted by atomic mass is 9.96. The van der Waals surface area contributed by atoms with Gasteiger partial charge in [-0.05, 0) is 43.0 Å². The lowest BCUT2D eigenvalue weighted by molar-refractivity contribution is -0.126. The molecule has 3 rings (SSSR count). The van der Waals surface area contributed by atoms with Crippen molar-refractivity contribution in [2.75, 3.05) is 13.1 Å². The lowest BCUT2D eigenvalue weighted by Crippen LogP contribution is -2.43. The number of carbonyl (C=O) groups excluding carboxylic acids is 1. The Labute approximate surface area is 165 Å². The lowest BCUT2D eigenvalue weighted by Gasteiger charge is -2.31. The average molecular weight is 405 g/mol. The summed E-state index contributed by atoms with van der Waals surface area (Å²) in [6.45, 7) is 2.54. The van der Waals surface area contributed by atoms with Gasteiger partial charge in [0.2, 0.25) is 15.9 Å². The van der Waals surface area contributed by atoms with Gasteiger partial charge in [0.25, 0.3) is 0 Å². The van der Waals surface area contributed by atoms with Crippen LogP contribution in [0.4, 0.5) is 4.39 Å². The van der Waals surface area contributed by atoms with Crippen LogP contribution in [0.1, 0.15) is 36.9 Å². The molecule has 2 aromatic carbocycles. The molecule has 1 amide bonds. The molecule has 0 saturated carbocycles. The standard InChI is InChI=1S/C21H25FN2O3S/c1-16(18-7-9-20(22)10-8-18)23-21(25)19-11-13-24(14-12-19)28(26,27)15-17-5-3-2-4-6-17/h2-10,16,19H,11-15H2,1H3,(H,23,25)/t16-/m0/s1. The maximum atomic E-state index is 13.0. The fraction of sp³-hybridized carbons (Fsp3) is 0.381. The van der Waals surface area contributed by atoms with Crippen LogP contribution in [0.2, 0.25) is 0 Å². The predicted molar refractivity (Wildman–Crippen MR) is 106 cm³/mol. The first kappa shape index (κ1) is 20.5. The van der Waals surface area contributed by atoms with Crippen LogP contribution in [0.25, 0.3) is 0 Å². The van der Waals surface area contributed by atoms with Gasteiger partial charge in [-0.3, -0.25) is 4.79 Å². The van der Waals surface area contributed by atoms with Gasteiger partial charge in [-0.25, -0.2) is 17.1 Å². The van der Waals surface area contributed by atoms with E-state index < -0.39 is 10.0 Å². The van der Waals surface area contributed by atoms with Crippen molar-refractivity contribution in [1.82, 2.24) is 9.62 Å². The van der Waals surface area contributed by atoms with Crippen LogP contribution in [0, 0.1) is 11.7 Å². The molecule has 1 saturated heterocycles. The summed E-state index contributed by atoms with van der Waals surface area (Å²) in [4.78, 5) is 12.5. The van der Waals surface area contributed by atoms with Gasteiger partial charge in [-0.2, -0.15) is 0 Å². The second-order valence-electron chi connectivity index (χ2n) is 7.20. The molecule has 1 fully saturated rings. The van der Waals surface area contributed by atoms with Gasteiger partial charge in [-0.15, -0.1) is 0 Å². The van der Waals surface area contributed by atoms with E-state index in [1.54, 1.807) is 24.3 Å². The fourth-order valence-electron chi connectivity index (χ4n) is 3.44. The first-order chi connectivity index (χ1) is 13.3. The van der Waals surface area contributed by atoms with E-state index in [-0.39, 0.29) is 29.4 Å². The summed E-state index contributed by atoms with van der Waals surface area (Å²) in [7, 11) is -3.39. The molecule has 2 aromatic rings. The van der Waals surface area contributed by atoms with Crippen LogP contribution in [-0.2, 0) is 20.6 Å². The molecule has 0 radical (unpaired) electrons. The third kappa shape index (κ3) is 5.17. The maximum Gasteiger partial charge on any atom is 0.223 e. The van der Waals surface area contributed by atoms with E-state index >= 15 is 0 Å². The molecule has 7 heteroatoms. The van der Waals surface area contributed by atoms with Crippen molar-refractivity contribution in [3.8, 4) is 0 Å². The molecular formula is C21H25FN2O3S. The second kappa shape index (κ2) is 8.84. The van der Waals surface area contributed by atoms with E-state index in [1.165, 1.54) is 16.4 Å². The van der Waals surface area contributed by atoms with Crippen molar-refractivity contribution in [3.63, 3.8) is 0 Å². The van der Waals surface area contributed by atoms with Crippen LogP contribution in [0.3, 0.4) is 0 Å². The highest BCUT2D eigenvalue weighted by molar-refractivity contribution is 7.88. The van der Waals surface area contributed by atoms with Crippen molar-refractivity contribution < 1.29 is 17.6 Å². The Hall–Kier alpha value is -2.25. The number of nitrogens with one attached hydrogen (secondary N) is 1. The Morgan fingerprint density at radius 1 is 1.11 bits per heavy atom. The third-order valence-electron chi connectivity index (χ3n) is 5.14. The van der Waals surface area contributed by atoms with E-state index in [2.05, 4.69) is 5.32 Å². The van der Waals surface area contributed by atoms with Gasteiger partial charge >= 0.3 is 0 Å². The van der Waals surface area contributed by atoms with Gasteiger partial charge in [0.1, 0.15) is 5.82 Å². The van der Waals surface area contributed by atoms with Crippen molar-refractivity contribution >= 4 is 15.9 Å². The highest BCUT2D eigenvalue weighted by atomic mass is 32.2. The first-order valence-corrected chi connectivity index (χ1v) is 11.0. The number of halogens is 1. The van der Waals surface area contributed by atoms with E-state index in [0.29, 0.717) is 25.9 Å². The fourth-order valence-corrected chi connectivity index (χ4v) is 5.00. The molecule has 0 aromatic heterocycles. The molecule has 1 atom stereocenters. The summed E-state index contributed by atoms with van der Waals surface area (Å²) < 4.78 is 39.7. The van der Waals surface area contributed by atoms with Crippen LogP contribution < -0.4 is 5.32 Å². The molecule has 0 unspecified atom stereocenters. The monoisotopic (exact) mass is 404 g/mol. The summed E-state index contributed by atoms with van der Waals surface area (Å²) in [5, 5.41) is 2.95. The normalized spacial score (nSPS) is 17.2. The first-order valence-electron chi connectivity index (χ1n) is 9.43. The number of rotatable bonds is 6. The number of benzene rings is 2. The molecule has 1 heterocycles. The number of amides is 1. The predicted octanol–water partition coefficient (Wildman–Crippen LogP) is 3.24. The summed E-state index contributed by atoms with van der Waals surface area (Å²) in [6.07, 6.45) is 0.992. The number of piperidine rings is 1. The Kier molecular flexibility index (Phi) is 6.46. The zero-order valence-electron chi connectivity index (χ0n) is 15.8. The maximum absolute atomic E-state index is 13.0. The van der Waals surface area contributed by atoms with Crippen LogP contribution >= 0.6 is 0 Å². The quantitative estimate of drug-likeness (QED) is 0.804. The van der Waals surface area contributed by atoms with Crippen LogP contribution in [-0.4, -0.2) is 31.7 Å². The number of sulfonamides is 1. The van der Waals surface area contributed by atoms with Crippen LogP contribution in [0.15, 0.2) is 54.6 Å². The Morgan fingerprint density at radius 3 is 2.32 bits per heavy atom. The molecule has 28 heavy (non-hydrogen) atoms. The largest absolute Gasteiger partial charge is 0.349 e. The minimum absolute atomic E-state index is 0.0215. The molecule has 0 aliphatic carbocycles. The van der Waals surface area contributed by atoms with Gasteiger partial charge in [-0.1, -0.05) is 42.5 Å². The van der Waals surface area contributed by atoms with Crippen molar-refractivity contribution in [1.29, 1.82) is 0 Å². The minimum Gasteiger partial charge on any atom is -0.349 e. The molecule has 150 valence electrons. The van der Waals surface area contributed by atoms with E-state index in [1.807, 2.05) is 25.1 Å². The number of hydrogen-bond donors (Lipinski definition) is 1. The van der Waals surface area contributed by atoms with Gasteiger partial charge in [0, 0.05) is 19.0 Å². The smallest absolute Gasteiger partial charge is 0.223 e. The molecule has 1 aliphatic rings. The highest BCUT2D eigenvalue weighted by Gasteiger charge is 2.31. The van der Waals surface area contributed by atoms with Crippen molar-refractivity contribution in [3.05, 3.63) is 71.5 Å². The molecule has 1 N–H and O–H groups in total. The number of hydrogen-bond acceptors (Lipinski definition) is 3. The average Bonchev–Trinajstić information content (AvgIpc) is 2.69. The molecule has 0 spiro atoms. The topological polar surface area (TPSA) is 66.5 Å². The van der Waals surface area contributed by atoms with Gasteiger partial charge in [0.05, 0.1) is 11.8 Å². The zero-order chi connectivity index (χ0) is 20.1. The second-order valence-corrected chi connectivity index (χ2v) is 9.17. The van der Waals surface area contributed by atoms with Gasteiger partial charge < -0.3 is 5.32 Å². The number of carbonyl (C=O) groups is 1. The van der Waals surface area contributed by atoms with Crippen molar-refractivity contribution in [2.45, 2.75) is 31.6 Å². The Bertz CT molecular complexity index is 893. The van der Waals surface area contributed by atoms with Crippen LogP contribution in [0.5, 0.6) is 0 Å². The summed E-state index contributed by atoms with van der Waals surface area (Å²) in [5.41, 5.74) is 1.59. The van der Waals surface area contributed by atoms with E-state index in [0.717, 1.165) is 11.1 Å². The van der Waals surface area contributed by atoms with E-state index in [9.17, 15) is 17.6 Å². The highest BCUT2D eigenvalue weighted by Crippen LogP contribution is 2.23. The Balaban J connectivity index is 1.53. The van der Waals surface area contributed by atoms with Crippen molar-refractivity contribution in [2.24, 2.45) is 5.92 Å². The molecule has 1 aliphatic heterocycles. The number of nitrogens with zero attached hydrogens (tertiary/aromatic N) is 1. The molecule has 0 bridgehead atoms. The summed E-state index contributed by atoms with van der Waals surface area (Å²) >= 11 is 0. The third-order valence-corrected chi connectivity index (χ3v) is 6.99. The summed E-state index contributed by atoms with van der Waals surface area (Å²) in [6, 6.07) is 14.9.